The van der Waals surface area contributed by atoms with Gasteiger partial charge in [-0.3, -0.25) is 0 Å². The SMILES string of the molecule is C#C[C@H]1[C@@H](CCC2(C)OCCO2)C1(C)C.[C-]#[O+].[C-]#[O+].[C-]#[O+].[C-]#[O+].[C-]#[O+].[C-]#[O+].[Co]. The van der Waals surface area contributed by atoms with E-state index in [1.54, 1.807) is 0 Å². The van der Waals surface area contributed by atoms with Crippen LogP contribution >= 0.6 is 0 Å². The molecule has 2 rings (SSSR count). The molecule has 0 amide bonds. The molecular formula is C19H20CoO8. The fraction of sp³-hybridized carbons (Fsp3) is 0.579. The Morgan fingerprint density at radius 2 is 1.14 bits per heavy atom. The van der Waals surface area contributed by atoms with E-state index in [0.717, 1.165) is 26.1 Å². The van der Waals surface area contributed by atoms with Crippen LogP contribution in [0, 0.1) is 69.5 Å². The van der Waals surface area contributed by atoms with Crippen molar-refractivity contribution in [1.29, 1.82) is 0 Å². The Labute approximate surface area is 176 Å². The van der Waals surface area contributed by atoms with Gasteiger partial charge in [0.1, 0.15) is 0 Å². The van der Waals surface area contributed by atoms with Gasteiger partial charge in [0.05, 0.1) is 13.2 Å². The van der Waals surface area contributed by atoms with Crippen molar-refractivity contribution < 1.29 is 54.2 Å². The van der Waals surface area contributed by atoms with Gasteiger partial charge in [-0.25, -0.2) is 0 Å². The van der Waals surface area contributed by atoms with E-state index in [4.69, 9.17) is 43.8 Å². The Balaban J connectivity index is -0.0000000804. The third kappa shape index (κ3) is 15.5. The quantitative estimate of drug-likeness (QED) is 0.381. The summed E-state index contributed by atoms with van der Waals surface area (Å²) in [5, 5.41) is 0. The van der Waals surface area contributed by atoms with Crippen molar-refractivity contribution >= 4 is 0 Å². The van der Waals surface area contributed by atoms with E-state index >= 15 is 0 Å². The summed E-state index contributed by atoms with van der Waals surface area (Å²) in [7, 11) is 0. The van der Waals surface area contributed by atoms with E-state index in [9.17, 15) is 0 Å². The first-order chi connectivity index (χ1) is 13.0. The zero-order chi connectivity index (χ0) is 23.1. The van der Waals surface area contributed by atoms with Gasteiger partial charge in [-0.2, -0.15) is 0 Å². The summed E-state index contributed by atoms with van der Waals surface area (Å²) in [6, 6.07) is 0. The molecule has 2 aliphatic rings. The van der Waals surface area contributed by atoms with Crippen molar-refractivity contribution in [3.63, 3.8) is 0 Å². The largest absolute Gasteiger partial charge is 0 e. The van der Waals surface area contributed by atoms with Crippen LogP contribution in [0.5, 0.6) is 0 Å². The zero-order valence-corrected chi connectivity index (χ0v) is 16.7. The second-order valence-electron chi connectivity index (χ2n) is 5.44. The minimum Gasteiger partial charge on any atom is 0 e. The maximum atomic E-state index is 7.50. The molecule has 0 aromatic heterocycles. The molecule has 8 nitrogen and oxygen atoms in total. The summed E-state index contributed by atoms with van der Waals surface area (Å²) < 4.78 is 56.2. The summed E-state index contributed by atoms with van der Waals surface area (Å²) in [4.78, 5) is 0. The van der Waals surface area contributed by atoms with Gasteiger partial charge < -0.3 is 9.47 Å². The van der Waals surface area contributed by atoms with E-state index in [1.807, 2.05) is 6.92 Å². The van der Waals surface area contributed by atoms with Crippen molar-refractivity contribution in [1.82, 2.24) is 0 Å². The number of rotatable bonds is 3. The predicted molar refractivity (Wildman–Crippen MR) is 82.7 cm³/mol. The summed E-state index contributed by atoms with van der Waals surface area (Å²) in [5.41, 5.74) is 0.323. The molecule has 1 heterocycles. The van der Waals surface area contributed by atoms with Gasteiger partial charge in [0, 0.05) is 29.1 Å². The fourth-order valence-electron chi connectivity index (χ4n) is 2.73. The molecule has 0 bridgehead atoms. The third-order valence-corrected chi connectivity index (χ3v) is 4.04. The van der Waals surface area contributed by atoms with Gasteiger partial charge in [0.15, 0.2) is 5.79 Å². The zero-order valence-electron chi connectivity index (χ0n) is 15.7. The first kappa shape index (κ1) is 40.9. The number of ether oxygens (including phenoxy) is 2. The van der Waals surface area contributed by atoms with E-state index < -0.39 is 0 Å². The van der Waals surface area contributed by atoms with Gasteiger partial charge in [0.25, 0.3) is 0 Å². The molecule has 9 heteroatoms. The minimum absolute atomic E-state index is 0. The molecule has 0 N–H and O–H groups in total. The maximum Gasteiger partial charge on any atom is 0 e. The van der Waals surface area contributed by atoms with Crippen LogP contribution in [0.3, 0.4) is 0 Å². The fourth-order valence-corrected chi connectivity index (χ4v) is 2.73. The predicted octanol–water partition coefficient (Wildman–Crippen LogP) is 2.21. The van der Waals surface area contributed by atoms with Crippen LogP contribution in [0.15, 0.2) is 0 Å². The molecule has 153 valence electrons. The monoisotopic (exact) mass is 435 g/mol. The Bertz CT molecular complexity index is 469. The molecule has 1 aliphatic heterocycles. The molecule has 0 unspecified atom stereocenters. The van der Waals surface area contributed by atoms with Gasteiger partial charge >= 0.3 is 67.8 Å². The summed E-state index contributed by atoms with van der Waals surface area (Å²) in [6.07, 6.45) is 7.57. The normalized spacial score (nSPS) is 19.8. The van der Waals surface area contributed by atoms with Gasteiger partial charge in [-0.05, 0) is 24.7 Å². The molecule has 0 aromatic rings. The van der Waals surface area contributed by atoms with Crippen molar-refractivity contribution in [2.45, 2.75) is 39.4 Å². The molecule has 2 fully saturated rings. The van der Waals surface area contributed by atoms with E-state index in [0.29, 0.717) is 17.3 Å². The third-order valence-electron chi connectivity index (χ3n) is 4.04. The van der Waals surface area contributed by atoms with E-state index in [-0.39, 0.29) is 22.6 Å². The van der Waals surface area contributed by atoms with Crippen molar-refractivity contribution in [2.24, 2.45) is 17.3 Å². The van der Waals surface area contributed by atoms with Crippen molar-refractivity contribution in [3.05, 3.63) is 39.9 Å². The van der Waals surface area contributed by atoms with Crippen LogP contribution < -0.4 is 0 Å². The smallest absolute Gasteiger partial charge is 0 e. The molecule has 2 atom stereocenters. The maximum absolute atomic E-state index is 7.50. The Morgan fingerprint density at radius 1 is 0.821 bits per heavy atom. The van der Waals surface area contributed by atoms with Crippen LogP contribution in [0.2, 0.25) is 0 Å². The second-order valence-corrected chi connectivity index (χ2v) is 5.44. The summed E-state index contributed by atoms with van der Waals surface area (Å²) in [5.74, 6) is 3.63. The summed E-state index contributed by atoms with van der Waals surface area (Å²) in [6.45, 7) is 35.0. The first-order valence-electron chi connectivity index (χ1n) is 6.96. The average Bonchev–Trinajstić information content (AvgIpc) is 3.05. The van der Waals surface area contributed by atoms with Crippen LogP contribution in [0.4, 0.5) is 0 Å². The number of hydrogen-bond donors (Lipinski definition) is 0. The van der Waals surface area contributed by atoms with E-state index in [1.165, 1.54) is 0 Å². The van der Waals surface area contributed by atoms with Crippen molar-refractivity contribution in [3.8, 4) is 12.3 Å². The molecule has 28 heavy (non-hydrogen) atoms. The van der Waals surface area contributed by atoms with Crippen LogP contribution in [-0.2, 0) is 54.2 Å². The number of terminal acetylenes is 1. The van der Waals surface area contributed by atoms with Gasteiger partial charge in [0.2, 0.25) is 0 Å². The molecule has 0 aromatic carbocycles. The Hall–Kier alpha value is -1.57. The molecule has 1 saturated carbocycles. The number of hydrogen-bond acceptors (Lipinski definition) is 2. The average molecular weight is 435 g/mol. The standard InChI is InChI=1S/C13H20O2.6CO.Co/c1-5-10-11(12(10,2)3)6-7-13(4)14-8-9-15-13;6*1-2;/h1,10-11H,6-9H2,2-4H3;;;;;;;/t10-,11+;;;;;;;/m0......./s1. The molecule has 1 saturated heterocycles. The Kier molecular flexibility index (Phi) is 40.4. The molecule has 1 radical (unpaired) electrons. The van der Waals surface area contributed by atoms with Gasteiger partial charge in [-0.1, -0.05) is 13.8 Å². The van der Waals surface area contributed by atoms with Gasteiger partial charge in [-0.15, -0.1) is 12.3 Å². The molecule has 1 aliphatic carbocycles. The molecule has 0 spiro atoms. The van der Waals surface area contributed by atoms with Crippen LogP contribution in [0.1, 0.15) is 33.6 Å². The second kappa shape index (κ2) is 27.6. The van der Waals surface area contributed by atoms with Crippen molar-refractivity contribution in [2.75, 3.05) is 13.2 Å². The minimum atomic E-state index is -0.349. The molecular weight excluding hydrogens is 415 g/mol. The Morgan fingerprint density at radius 3 is 1.39 bits per heavy atom. The van der Waals surface area contributed by atoms with Crippen LogP contribution in [-0.4, -0.2) is 19.0 Å². The first-order valence-corrected chi connectivity index (χ1v) is 6.96. The summed E-state index contributed by atoms with van der Waals surface area (Å²) >= 11 is 0. The van der Waals surface area contributed by atoms with Crippen LogP contribution in [0.25, 0.3) is 0 Å². The topological polar surface area (TPSA) is 138 Å². The van der Waals surface area contributed by atoms with E-state index in [2.05, 4.69) is 59.7 Å².